The van der Waals surface area contributed by atoms with Crippen LogP contribution < -0.4 is 4.74 Å². The summed E-state index contributed by atoms with van der Waals surface area (Å²) in [5.41, 5.74) is 4.54. The van der Waals surface area contributed by atoms with E-state index >= 15 is 0 Å². The molecule has 0 unspecified atom stereocenters. The van der Waals surface area contributed by atoms with E-state index in [1.165, 1.54) is 0 Å². The maximum Gasteiger partial charge on any atom is 0.159 e. The fraction of sp³-hybridized carbons (Fsp3) is 0.286. The summed E-state index contributed by atoms with van der Waals surface area (Å²) in [5.74, 6) is 1.73. The SMILES string of the molecule is C=CCC1=C(c2c(C(=C)C)oc3ccc(OC)cc23)CCCC1=O. The minimum absolute atomic E-state index is 0.209. The van der Waals surface area contributed by atoms with E-state index in [-0.39, 0.29) is 5.78 Å². The van der Waals surface area contributed by atoms with Gasteiger partial charge in [0.2, 0.25) is 0 Å². The van der Waals surface area contributed by atoms with Crippen molar-refractivity contribution in [2.75, 3.05) is 7.11 Å². The van der Waals surface area contributed by atoms with Crippen LogP contribution in [0.15, 0.2) is 47.4 Å². The average molecular weight is 322 g/mol. The van der Waals surface area contributed by atoms with Crippen LogP contribution in [0.2, 0.25) is 0 Å². The number of methoxy groups -OCH3 is 1. The van der Waals surface area contributed by atoms with Crippen molar-refractivity contribution in [2.45, 2.75) is 32.6 Å². The molecule has 0 saturated heterocycles. The minimum atomic E-state index is 0.209. The molecule has 124 valence electrons. The summed E-state index contributed by atoms with van der Waals surface area (Å²) in [5, 5.41) is 0.971. The molecule has 1 aliphatic carbocycles. The Morgan fingerprint density at radius 3 is 2.83 bits per heavy atom. The molecule has 1 aliphatic rings. The van der Waals surface area contributed by atoms with Crippen LogP contribution in [-0.2, 0) is 4.79 Å². The van der Waals surface area contributed by atoms with E-state index in [2.05, 4.69) is 13.2 Å². The van der Waals surface area contributed by atoms with Crippen LogP contribution >= 0.6 is 0 Å². The number of furan rings is 1. The van der Waals surface area contributed by atoms with Crippen LogP contribution in [0.3, 0.4) is 0 Å². The zero-order chi connectivity index (χ0) is 17.3. The van der Waals surface area contributed by atoms with Gasteiger partial charge in [-0.15, -0.1) is 6.58 Å². The Bertz CT molecular complexity index is 865. The Kier molecular flexibility index (Phi) is 4.43. The molecule has 0 atom stereocenters. The highest BCUT2D eigenvalue weighted by Crippen LogP contribution is 2.42. The summed E-state index contributed by atoms with van der Waals surface area (Å²) >= 11 is 0. The molecule has 1 aromatic heterocycles. The van der Waals surface area contributed by atoms with Crippen molar-refractivity contribution >= 4 is 27.9 Å². The van der Waals surface area contributed by atoms with Crippen LogP contribution in [0.1, 0.15) is 43.9 Å². The van der Waals surface area contributed by atoms with Gasteiger partial charge in [-0.1, -0.05) is 12.7 Å². The van der Waals surface area contributed by atoms with Gasteiger partial charge in [-0.3, -0.25) is 4.79 Å². The molecule has 0 radical (unpaired) electrons. The van der Waals surface area contributed by atoms with Gasteiger partial charge in [0.1, 0.15) is 17.1 Å². The van der Waals surface area contributed by atoms with Crippen LogP contribution in [0, 0.1) is 0 Å². The predicted molar refractivity (Wildman–Crippen MR) is 98.1 cm³/mol. The molecule has 1 aromatic carbocycles. The number of hydrogen-bond donors (Lipinski definition) is 0. The first-order chi connectivity index (χ1) is 11.6. The number of carbonyl (C=O) groups is 1. The van der Waals surface area contributed by atoms with Crippen molar-refractivity contribution in [3.63, 3.8) is 0 Å². The summed E-state index contributed by atoms with van der Waals surface area (Å²) in [6, 6.07) is 5.75. The molecular formula is C21H22O3. The van der Waals surface area contributed by atoms with E-state index in [4.69, 9.17) is 9.15 Å². The molecule has 0 bridgehead atoms. The zero-order valence-electron chi connectivity index (χ0n) is 14.3. The predicted octanol–water partition coefficient (Wildman–Crippen LogP) is 5.56. The third kappa shape index (κ3) is 2.71. The van der Waals surface area contributed by atoms with E-state index in [0.717, 1.165) is 57.6 Å². The summed E-state index contributed by atoms with van der Waals surface area (Å²) in [4.78, 5) is 12.4. The first-order valence-corrected chi connectivity index (χ1v) is 8.19. The van der Waals surface area contributed by atoms with Crippen molar-refractivity contribution in [3.8, 4) is 5.75 Å². The summed E-state index contributed by atoms with van der Waals surface area (Å²) in [6.07, 6.45) is 4.71. The molecule has 24 heavy (non-hydrogen) atoms. The lowest BCUT2D eigenvalue weighted by Gasteiger charge is -2.19. The van der Waals surface area contributed by atoms with Crippen LogP contribution in [0.5, 0.6) is 5.75 Å². The third-order valence-electron chi connectivity index (χ3n) is 4.46. The second kappa shape index (κ2) is 6.52. The van der Waals surface area contributed by atoms with Crippen LogP contribution in [0.25, 0.3) is 22.1 Å². The van der Waals surface area contributed by atoms with E-state index < -0.39 is 0 Å². The largest absolute Gasteiger partial charge is 0.497 e. The molecule has 2 aromatic rings. The van der Waals surface area contributed by atoms with Gasteiger partial charge in [0.15, 0.2) is 5.78 Å². The Labute approximate surface area is 142 Å². The third-order valence-corrected chi connectivity index (χ3v) is 4.46. The first-order valence-electron chi connectivity index (χ1n) is 8.19. The summed E-state index contributed by atoms with van der Waals surface area (Å²) in [6.45, 7) is 9.79. The maximum atomic E-state index is 12.4. The minimum Gasteiger partial charge on any atom is -0.497 e. The summed E-state index contributed by atoms with van der Waals surface area (Å²) < 4.78 is 11.4. The van der Waals surface area contributed by atoms with Crippen molar-refractivity contribution in [1.82, 2.24) is 0 Å². The molecule has 3 nitrogen and oxygen atoms in total. The van der Waals surface area contributed by atoms with Gasteiger partial charge in [-0.05, 0) is 55.5 Å². The number of fused-ring (bicyclic) bond motifs is 1. The number of ether oxygens (including phenoxy) is 1. The highest BCUT2D eigenvalue weighted by atomic mass is 16.5. The van der Waals surface area contributed by atoms with Crippen molar-refractivity contribution < 1.29 is 13.9 Å². The van der Waals surface area contributed by atoms with Crippen molar-refractivity contribution in [3.05, 3.63) is 54.3 Å². The fourth-order valence-corrected chi connectivity index (χ4v) is 3.36. The van der Waals surface area contributed by atoms with Gasteiger partial charge in [-0.25, -0.2) is 0 Å². The zero-order valence-corrected chi connectivity index (χ0v) is 14.3. The Hall–Kier alpha value is -2.55. The average Bonchev–Trinajstić information content (AvgIpc) is 2.95. The smallest absolute Gasteiger partial charge is 0.159 e. The molecule has 0 N–H and O–H groups in total. The Morgan fingerprint density at radius 2 is 2.17 bits per heavy atom. The molecule has 3 rings (SSSR count). The van der Waals surface area contributed by atoms with Crippen molar-refractivity contribution in [1.29, 1.82) is 0 Å². The maximum absolute atomic E-state index is 12.4. The van der Waals surface area contributed by atoms with Crippen LogP contribution in [0.4, 0.5) is 0 Å². The van der Waals surface area contributed by atoms with Crippen molar-refractivity contribution in [2.24, 2.45) is 0 Å². The number of hydrogen-bond acceptors (Lipinski definition) is 3. The van der Waals surface area contributed by atoms with E-state index in [9.17, 15) is 4.79 Å². The number of rotatable bonds is 5. The number of ketones is 1. The summed E-state index contributed by atoms with van der Waals surface area (Å²) in [7, 11) is 1.65. The van der Waals surface area contributed by atoms with E-state index in [1.54, 1.807) is 13.2 Å². The topological polar surface area (TPSA) is 39.4 Å². The molecule has 0 fully saturated rings. The van der Waals surface area contributed by atoms with Gasteiger partial charge in [-0.2, -0.15) is 0 Å². The number of carbonyl (C=O) groups excluding carboxylic acids is 1. The normalized spacial score (nSPS) is 15.0. The molecule has 0 amide bonds. The quantitative estimate of drug-likeness (QED) is 0.677. The highest BCUT2D eigenvalue weighted by molar-refractivity contribution is 6.08. The Balaban J connectivity index is 2.35. The lowest BCUT2D eigenvalue weighted by atomic mass is 9.83. The molecular weight excluding hydrogens is 300 g/mol. The van der Waals surface area contributed by atoms with Gasteiger partial charge in [0.25, 0.3) is 0 Å². The molecule has 3 heteroatoms. The van der Waals surface area contributed by atoms with Gasteiger partial charge in [0, 0.05) is 22.9 Å². The highest BCUT2D eigenvalue weighted by Gasteiger charge is 2.26. The number of allylic oxidation sites excluding steroid dienone is 4. The standard InChI is InChI=1S/C21H22O3/c1-5-7-15-16(8-6-9-18(15)22)20-17-12-14(23-4)10-11-19(17)24-21(20)13(2)3/h5,10-12H,1-2,6-9H2,3-4H3. The van der Waals surface area contributed by atoms with Gasteiger partial charge >= 0.3 is 0 Å². The van der Waals surface area contributed by atoms with E-state index in [1.807, 2.05) is 25.1 Å². The fourth-order valence-electron chi connectivity index (χ4n) is 3.36. The van der Waals surface area contributed by atoms with Gasteiger partial charge in [0.05, 0.1) is 7.11 Å². The molecule has 0 saturated carbocycles. The second-order valence-corrected chi connectivity index (χ2v) is 6.18. The van der Waals surface area contributed by atoms with E-state index in [0.29, 0.717) is 12.8 Å². The second-order valence-electron chi connectivity index (χ2n) is 6.18. The van der Waals surface area contributed by atoms with Crippen LogP contribution in [-0.4, -0.2) is 12.9 Å². The Morgan fingerprint density at radius 1 is 1.38 bits per heavy atom. The molecule has 0 spiro atoms. The first kappa shape index (κ1) is 16.3. The van der Waals surface area contributed by atoms with Gasteiger partial charge < -0.3 is 9.15 Å². The lowest BCUT2D eigenvalue weighted by molar-refractivity contribution is -0.115. The monoisotopic (exact) mass is 322 g/mol. The number of benzene rings is 1. The molecule has 0 aliphatic heterocycles. The molecule has 1 heterocycles. The number of Topliss-reactive ketones (excluding diaryl/α,β-unsaturated/α-hetero) is 1. The lowest BCUT2D eigenvalue weighted by Crippen LogP contribution is -2.11.